The first-order valence-electron chi connectivity index (χ1n) is 8.60. The second kappa shape index (κ2) is 7.77. The number of carbonyl (C=O) groups excluding carboxylic acids is 1. The van der Waals surface area contributed by atoms with Crippen LogP contribution < -0.4 is 10.9 Å². The number of nitrogens with one attached hydrogen (secondary N) is 1. The van der Waals surface area contributed by atoms with E-state index in [0.717, 1.165) is 42.4 Å². The van der Waals surface area contributed by atoms with Crippen molar-refractivity contribution in [2.45, 2.75) is 33.2 Å². The average Bonchev–Trinajstić information content (AvgIpc) is 3.00. The van der Waals surface area contributed by atoms with Gasteiger partial charge in [0.1, 0.15) is 10.6 Å². The van der Waals surface area contributed by atoms with Gasteiger partial charge in [-0.2, -0.15) is 0 Å². The van der Waals surface area contributed by atoms with Gasteiger partial charge >= 0.3 is 0 Å². The van der Waals surface area contributed by atoms with E-state index >= 15 is 0 Å². The SMILES string of the molecule is CCCCn1cnc2sc(C(=O)Nc3cc([N+](=O)[O-])ccc3O)c(C)c2c1=O. The van der Waals surface area contributed by atoms with Crippen LogP contribution in [0.15, 0.2) is 29.3 Å². The van der Waals surface area contributed by atoms with Crippen molar-refractivity contribution in [3.63, 3.8) is 0 Å². The van der Waals surface area contributed by atoms with Crippen molar-refractivity contribution in [2.24, 2.45) is 0 Å². The first-order valence-corrected chi connectivity index (χ1v) is 9.42. The summed E-state index contributed by atoms with van der Waals surface area (Å²) in [6, 6.07) is 3.35. The summed E-state index contributed by atoms with van der Waals surface area (Å²) in [5.41, 5.74) is -0.0544. The third kappa shape index (κ3) is 3.58. The van der Waals surface area contributed by atoms with Gasteiger partial charge in [0.25, 0.3) is 17.2 Å². The van der Waals surface area contributed by atoms with Gasteiger partial charge in [-0.1, -0.05) is 13.3 Å². The van der Waals surface area contributed by atoms with Crippen LogP contribution in [0, 0.1) is 17.0 Å². The maximum Gasteiger partial charge on any atom is 0.271 e. The Kier molecular flexibility index (Phi) is 5.41. The number of hydrogen-bond acceptors (Lipinski definition) is 7. The highest BCUT2D eigenvalue weighted by atomic mass is 32.1. The van der Waals surface area contributed by atoms with Gasteiger partial charge < -0.3 is 10.4 Å². The lowest BCUT2D eigenvalue weighted by Gasteiger charge is -2.06. The highest BCUT2D eigenvalue weighted by Gasteiger charge is 2.21. The van der Waals surface area contributed by atoms with Crippen LogP contribution in [0.1, 0.15) is 35.0 Å². The van der Waals surface area contributed by atoms with Crippen LogP contribution in [0.4, 0.5) is 11.4 Å². The van der Waals surface area contributed by atoms with Gasteiger partial charge in [-0.25, -0.2) is 4.98 Å². The number of phenolic OH excluding ortho intramolecular Hbond substituents is 1. The molecule has 10 heteroatoms. The summed E-state index contributed by atoms with van der Waals surface area (Å²) < 4.78 is 1.53. The molecule has 1 amide bonds. The average molecular weight is 402 g/mol. The standard InChI is InChI=1S/C18H18N4O5S/c1-3-4-7-21-9-19-17-14(18(21)25)10(2)15(28-17)16(24)20-12-8-11(22(26)27)5-6-13(12)23/h5-6,8-9,23H,3-4,7H2,1-2H3,(H,20,24). The summed E-state index contributed by atoms with van der Waals surface area (Å²) in [5, 5.41) is 23.6. The smallest absolute Gasteiger partial charge is 0.271 e. The monoisotopic (exact) mass is 402 g/mol. The number of carbonyl (C=O) groups is 1. The molecule has 3 rings (SSSR count). The van der Waals surface area contributed by atoms with Gasteiger partial charge in [0, 0.05) is 18.7 Å². The number of hydrogen-bond donors (Lipinski definition) is 2. The molecule has 2 aromatic heterocycles. The van der Waals surface area contributed by atoms with E-state index < -0.39 is 10.8 Å². The van der Waals surface area contributed by atoms with Crippen molar-refractivity contribution < 1.29 is 14.8 Å². The van der Waals surface area contributed by atoms with Crippen LogP contribution in [0.5, 0.6) is 5.75 Å². The van der Waals surface area contributed by atoms with Crippen LogP contribution in [0.25, 0.3) is 10.2 Å². The molecule has 0 atom stereocenters. The van der Waals surface area contributed by atoms with Crippen LogP contribution in [-0.2, 0) is 6.54 Å². The third-order valence-corrected chi connectivity index (χ3v) is 5.51. The van der Waals surface area contributed by atoms with E-state index in [1.807, 2.05) is 6.92 Å². The topological polar surface area (TPSA) is 127 Å². The van der Waals surface area contributed by atoms with E-state index in [9.17, 15) is 24.8 Å². The van der Waals surface area contributed by atoms with Gasteiger partial charge in [0.2, 0.25) is 0 Å². The second-order valence-electron chi connectivity index (χ2n) is 6.25. The molecule has 0 aliphatic carbocycles. The van der Waals surface area contributed by atoms with Crippen molar-refractivity contribution in [1.29, 1.82) is 0 Å². The molecule has 2 heterocycles. The number of nitro groups is 1. The molecule has 146 valence electrons. The number of fused-ring (bicyclic) bond motifs is 1. The normalized spacial score (nSPS) is 10.9. The van der Waals surface area contributed by atoms with Crippen molar-refractivity contribution in [1.82, 2.24) is 9.55 Å². The Morgan fingerprint density at radius 3 is 2.86 bits per heavy atom. The minimum absolute atomic E-state index is 0.0793. The number of aryl methyl sites for hydroxylation is 2. The summed E-state index contributed by atoms with van der Waals surface area (Å²) in [5.74, 6) is -0.867. The Bertz CT molecular complexity index is 1130. The summed E-state index contributed by atoms with van der Waals surface area (Å²) in [6.45, 7) is 4.24. The molecule has 0 aliphatic rings. The maximum absolute atomic E-state index is 12.7. The van der Waals surface area contributed by atoms with Crippen LogP contribution in [0.2, 0.25) is 0 Å². The molecule has 2 N–H and O–H groups in total. The summed E-state index contributed by atoms with van der Waals surface area (Å²) in [7, 11) is 0. The molecule has 0 bridgehead atoms. The van der Waals surface area contributed by atoms with Crippen molar-refractivity contribution in [2.75, 3.05) is 5.32 Å². The highest BCUT2D eigenvalue weighted by Crippen LogP contribution is 2.31. The zero-order chi connectivity index (χ0) is 20.4. The molecular weight excluding hydrogens is 384 g/mol. The molecule has 0 unspecified atom stereocenters. The number of amides is 1. The number of phenols is 1. The van der Waals surface area contributed by atoms with Gasteiger partial charge in [0.15, 0.2) is 0 Å². The molecular formula is C18H18N4O5S. The summed E-state index contributed by atoms with van der Waals surface area (Å²) in [6.07, 6.45) is 3.26. The number of aromatic hydroxyl groups is 1. The second-order valence-corrected chi connectivity index (χ2v) is 7.24. The lowest BCUT2D eigenvalue weighted by Crippen LogP contribution is -2.20. The van der Waals surface area contributed by atoms with Crippen LogP contribution in [-0.4, -0.2) is 25.5 Å². The quantitative estimate of drug-likeness (QED) is 0.369. The Labute approximate surface area is 163 Å². The first-order chi connectivity index (χ1) is 13.3. The van der Waals surface area contributed by atoms with Crippen molar-refractivity contribution >= 4 is 38.8 Å². The molecule has 9 nitrogen and oxygen atoms in total. The minimum Gasteiger partial charge on any atom is -0.506 e. The first kappa shape index (κ1) is 19.5. The van der Waals surface area contributed by atoms with E-state index in [1.165, 1.54) is 10.9 Å². The minimum atomic E-state index is -0.623. The van der Waals surface area contributed by atoms with E-state index in [-0.39, 0.29) is 27.6 Å². The number of unbranched alkanes of at least 4 members (excludes halogenated alkanes) is 1. The fourth-order valence-electron chi connectivity index (χ4n) is 2.78. The molecule has 0 saturated carbocycles. The predicted octanol–water partition coefficient (Wildman–Crippen LogP) is 3.43. The highest BCUT2D eigenvalue weighted by molar-refractivity contribution is 7.20. The molecule has 0 spiro atoms. The Hall–Kier alpha value is -3.27. The number of nitro benzene ring substituents is 1. The lowest BCUT2D eigenvalue weighted by molar-refractivity contribution is -0.384. The molecule has 3 aromatic rings. The number of anilines is 1. The molecule has 28 heavy (non-hydrogen) atoms. The summed E-state index contributed by atoms with van der Waals surface area (Å²) >= 11 is 1.06. The van der Waals surface area contributed by atoms with Gasteiger partial charge in [-0.15, -0.1) is 11.3 Å². The van der Waals surface area contributed by atoms with Gasteiger partial charge in [-0.3, -0.25) is 24.3 Å². The van der Waals surface area contributed by atoms with E-state index in [0.29, 0.717) is 22.3 Å². The Balaban J connectivity index is 1.98. The largest absolute Gasteiger partial charge is 0.506 e. The molecule has 0 fully saturated rings. The zero-order valence-corrected chi connectivity index (χ0v) is 16.1. The fourth-order valence-corrected chi connectivity index (χ4v) is 3.81. The van der Waals surface area contributed by atoms with E-state index in [1.54, 1.807) is 6.92 Å². The molecule has 0 aliphatic heterocycles. The fraction of sp³-hybridized carbons (Fsp3) is 0.278. The number of rotatable bonds is 6. The zero-order valence-electron chi connectivity index (χ0n) is 15.3. The number of thiophene rings is 1. The maximum atomic E-state index is 12.7. The van der Waals surface area contributed by atoms with Gasteiger partial charge in [-0.05, 0) is 25.0 Å². The predicted molar refractivity (Wildman–Crippen MR) is 106 cm³/mol. The molecule has 0 saturated heterocycles. The van der Waals surface area contributed by atoms with Crippen molar-refractivity contribution in [3.8, 4) is 5.75 Å². The number of benzene rings is 1. The van der Waals surface area contributed by atoms with E-state index in [4.69, 9.17) is 0 Å². The lowest BCUT2D eigenvalue weighted by atomic mass is 10.2. The Morgan fingerprint density at radius 1 is 1.43 bits per heavy atom. The number of aromatic nitrogens is 2. The Morgan fingerprint density at radius 2 is 2.18 bits per heavy atom. The van der Waals surface area contributed by atoms with Gasteiger partial charge in [0.05, 0.1) is 27.2 Å². The summed E-state index contributed by atoms with van der Waals surface area (Å²) in [4.78, 5) is 40.7. The molecule has 1 aromatic carbocycles. The van der Waals surface area contributed by atoms with E-state index in [2.05, 4.69) is 10.3 Å². The van der Waals surface area contributed by atoms with Crippen LogP contribution in [0.3, 0.4) is 0 Å². The third-order valence-electron chi connectivity index (χ3n) is 4.32. The number of non-ortho nitro benzene ring substituents is 1. The molecule has 0 radical (unpaired) electrons. The van der Waals surface area contributed by atoms with Crippen molar-refractivity contribution in [3.05, 3.63) is 55.4 Å². The number of nitrogens with zero attached hydrogens (tertiary/aromatic N) is 3. The van der Waals surface area contributed by atoms with Crippen LogP contribution >= 0.6 is 11.3 Å².